The zero-order chi connectivity index (χ0) is 14.0. The normalized spacial score (nSPS) is 10.3. The SMILES string of the molecule is Cc1cc(C)cc(NC(=O)c2nc(N)ccc2Cl)c1. The average molecular weight is 276 g/mol. The maximum Gasteiger partial charge on any atom is 0.275 e. The molecule has 98 valence electrons. The molecule has 2 rings (SSSR count). The second-order valence-corrected chi connectivity index (χ2v) is 4.80. The predicted molar refractivity (Wildman–Crippen MR) is 77.5 cm³/mol. The summed E-state index contributed by atoms with van der Waals surface area (Å²) in [4.78, 5) is 16.0. The van der Waals surface area contributed by atoms with E-state index in [0.717, 1.165) is 11.1 Å². The van der Waals surface area contributed by atoms with E-state index in [4.69, 9.17) is 17.3 Å². The molecule has 0 aliphatic rings. The number of nitrogens with zero attached hydrogens (tertiary/aromatic N) is 1. The topological polar surface area (TPSA) is 68.0 Å². The van der Waals surface area contributed by atoms with Gasteiger partial charge in [0, 0.05) is 5.69 Å². The van der Waals surface area contributed by atoms with E-state index in [1.807, 2.05) is 32.0 Å². The van der Waals surface area contributed by atoms with Gasteiger partial charge in [-0.05, 0) is 49.2 Å². The maximum absolute atomic E-state index is 12.1. The number of anilines is 2. The van der Waals surface area contributed by atoms with Crippen molar-refractivity contribution in [3.05, 3.63) is 52.2 Å². The highest BCUT2D eigenvalue weighted by molar-refractivity contribution is 6.34. The molecule has 0 unspecified atom stereocenters. The van der Waals surface area contributed by atoms with Gasteiger partial charge in [0.2, 0.25) is 0 Å². The van der Waals surface area contributed by atoms with Gasteiger partial charge in [-0.1, -0.05) is 17.7 Å². The molecule has 0 saturated carbocycles. The first-order chi connectivity index (χ1) is 8.95. The van der Waals surface area contributed by atoms with Gasteiger partial charge in [0.05, 0.1) is 5.02 Å². The first-order valence-corrected chi connectivity index (χ1v) is 6.15. The number of carbonyl (C=O) groups is 1. The van der Waals surface area contributed by atoms with E-state index in [1.165, 1.54) is 0 Å². The van der Waals surface area contributed by atoms with Crippen LogP contribution in [-0.2, 0) is 0 Å². The van der Waals surface area contributed by atoms with Crippen molar-refractivity contribution in [3.8, 4) is 0 Å². The molecule has 19 heavy (non-hydrogen) atoms. The highest BCUT2D eigenvalue weighted by Gasteiger charge is 2.13. The van der Waals surface area contributed by atoms with Crippen molar-refractivity contribution >= 4 is 29.0 Å². The smallest absolute Gasteiger partial charge is 0.275 e. The van der Waals surface area contributed by atoms with Crippen LogP contribution in [0.25, 0.3) is 0 Å². The minimum atomic E-state index is -0.373. The van der Waals surface area contributed by atoms with E-state index >= 15 is 0 Å². The molecule has 0 atom stereocenters. The molecule has 1 amide bonds. The summed E-state index contributed by atoms with van der Waals surface area (Å²) in [6, 6.07) is 8.90. The molecule has 0 saturated heterocycles. The van der Waals surface area contributed by atoms with Crippen LogP contribution in [0, 0.1) is 13.8 Å². The molecule has 0 fully saturated rings. The average Bonchev–Trinajstić information content (AvgIpc) is 2.30. The van der Waals surface area contributed by atoms with Crippen LogP contribution in [-0.4, -0.2) is 10.9 Å². The van der Waals surface area contributed by atoms with Gasteiger partial charge in [-0.2, -0.15) is 0 Å². The summed E-state index contributed by atoms with van der Waals surface area (Å²) >= 11 is 5.94. The minimum absolute atomic E-state index is 0.126. The maximum atomic E-state index is 12.1. The molecule has 4 nitrogen and oxygen atoms in total. The highest BCUT2D eigenvalue weighted by Crippen LogP contribution is 2.18. The van der Waals surface area contributed by atoms with Gasteiger partial charge in [0.15, 0.2) is 0 Å². The number of aromatic nitrogens is 1. The van der Waals surface area contributed by atoms with Crippen LogP contribution >= 0.6 is 11.6 Å². The van der Waals surface area contributed by atoms with Crippen molar-refractivity contribution in [2.75, 3.05) is 11.1 Å². The molecule has 0 aliphatic carbocycles. The van der Waals surface area contributed by atoms with E-state index in [0.29, 0.717) is 5.69 Å². The molecule has 0 bridgehead atoms. The number of rotatable bonds is 2. The van der Waals surface area contributed by atoms with Gasteiger partial charge < -0.3 is 11.1 Å². The quantitative estimate of drug-likeness (QED) is 0.884. The third-order valence-electron chi connectivity index (χ3n) is 2.56. The Balaban J connectivity index is 2.28. The van der Waals surface area contributed by atoms with E-state index in [1.54, 1.807) is 12.1 Å². The van der Waals surface area contributed by atoms with Gasteiger partial charge >= 0.3 is 0 Å². The third-order valence-corrected chi connectivity index (χ3v) is 2.87. The number of hydrogen-bond acceptors (Lipinski definition) is 3. The Morgan fingerprint density at radius 1 is 1.21 bits per heavy atom. The molecular weight excluding hydrogens is 262 g/mol. The van der Waals surface area contributed by atoms with Crippen LogP contribution in [0.15, 0.2) is 30.3 Å². The monoisotopic (exact) mass is 275 g/mol. The molecule has 1 aromatic heterocycles. The molecule has 1 aromatic carbocycles. The molecule has 0 radical (unpaired) electrons. The largest absolute Gasteiger partial charge is 0.384 e. The fourth-order valence-electron chi connectivity index (χ4n) is 1.85. The Morgan fingerprint density at radius 2 is 1.84 bits per heavy atom. The molecule has 0 spiro atoms. The lowest BCUT2D eigenvalue weighted by Gasteiger charge is -2.08. The van der Waals surface area contributed by atoms with Crippen LogP contribution in [0.3, 0.4) is 0 Å². The summed E-state index contributed by atoms with van der Waals surface area (Å²) < 4.78 is 0. The third kappa shape index (κ3) is 3.23. The van der Waals surface area contributed by atoms with Gasteiger partial charge in [-0.3, -0.25) is 4.79 Å². The first-order valence-electron chi connectivity index (χ1n) is 5.77. The summed E-state index contributed by atoms with van der Waals surface area (Å²) in [5, 5.41) is 3.04. The number of aryl methyl sites for hydroxylation is 2. The standard InChI is InChI=1S/C14H14ClN3O/c1-8-5-9(2)7-10(6-8)17-14(19)13-11(15)3-4-12(16)18-13/h3-7H,1-2H3,(H2,16,18)(H,17,19). The fourth-order valence-corrected chi connectivity index (χ4v) is 2.04. The van der Waals surface area contributed by atoms with Gasteiger partial charge in [-0.25, -0.2) is 4.98 Å². The lowest BCUT2D eigenvalue weighted by molar-refractivity contribution is 0.102. The second kappa shape index (κ2) is 5.28. The van der Waals surface area contributed by atoms with Crippen molar-refractivity contribution < 1.29 is 4.79 Å². The van der Waals surface area contributed by atoms with Gasteiger partial charge in [-0.15, -0.1) is 0 Å². The van der Waals surface area contributed by atoms with Crippen molar-refractivity contribution in [3.63, 3.8) is 0 Å². The van der Waals surface area contributed by atoms with Crippen LogP contribution in [0.2, 0.25) is 5.02 Å². The Hall–Kier alpha value is -2.07. The number of pyridine rings is 1. The molecule has 0 aliphatic heterocycles. The summed E-state index contributed by atoms with van der Waals surface area (Å²) in [7, 11) is 0. The van der Waals surface area contributed by atoms with E-state index < -0.39 is 0 Å². The van der Waals surface area contributed by atoms with E-state index in [9.17, 15) is 4.79 Å². The highest BCUT2D eigenvalue weighted by atomic mass is 35.5. The molecular formula is C14H14ClN3O. The summed E-state index contributed by atoms with van der Waals surface area (Å²) in [6.45, 7) is 3.93. The van der Waals surface area contributed by atoms with Crippen molar-refractivity contribution in [2.45, 2.75) is 13.8 Å². The molecule has 3 N–H and O–H groups in total. The number of amides is 1. The van der Waals surface area contributed by atoms with Crippen LogP contribution < -0.4 is 11.1 Å². The number of hydrogen-bond donors (Lipinski definition) is 2. The van der Waals surface area contributed by atoms with Crippen molar-refractivity contribution in [2.24, 2.45) is 0 Å². The van der Waals surface area contributed by atoms with E-state index in [-0.39, 0.29) is 22.4 Å². The fraction of sp³-hybridized carbons (Fsp3) is 0.143. The summed E-state index contributed by atoms with van der Waals surface area (Å²) in [5.74, 6) is -0.114. The zero-order valence-corrected chi connectivity index (χ0v) is 11.5. The number of nitrogen functional groups attached to an aromatic ring is 1. The van der Waals surface area contributed by atoms with Gasteiger partial charge in [0.1, 0.15) is 11.5 Å². The number of halogens is 1. The lowest BCUT2D eigenvalue weighted by atomic mass is 10.1. The number of benzene rings is 1. The lowest BCUT2D eigenvalue weighted by Crippen LogP contribution is -2.15. The van der Waals surface area contributed by atoms with Crippen molar-refractivity contribution in [1.82, 2.24) is 4.98 Å². The number of nitrogens with two attached hydrogens (primary N) is 1. The Kier molecular flexibility index (Phi) is 3.71. The Labute approximate surface area is 116 Å². The number of nitrogens with one attached hydrogen (secondary N) is 1. The molecule has 1 heterocycles. The van der Waals surface area contributed by atoms with Gasteiger partial charge in [0.25, 0.3) is 5.91 Å². The van der Waals surface area contributed by atoms with Crippen LogP contribution in [0.4, 0.5) is 11.5 Å². The summed E-state index contributed by atoms with van der Waals surface area (Å²) in [5.41, 5.74) is 8.54. The second-order valence-electron chi connectivity index (χ2n) is 4.40. The minimum Gasteiger partial charge on any atom is -0.384 e. The predicted octanol–water partition coefficient (Wildman–Crippen LogP) is 3.19. The van der Waals surface area contributed by atoms with E-state index in [2.05, 4.69) is 10.3 Å². The molecule has 5 heteroatoms. The molecule has 2 aromatic rings. The van der Waals surface area contributed by atoms with Crippen LogP contribution in [0.1, 0.15) is 21.6 Å². The van der Waals surface area contributed by atoms with Crippen LogP contribution in [0.5, 0.6) is 0 Å². The zero-order valence-electron chi connectivity index (χ0n) is 10.7. The summed E-state index contributed by atoms with van der Waals surface area (Å²) in [6.07, 6.45) is 0. The Bertz CT molecular complexity index is 620. The number of carbonyl (C=O) groups excluding carboxylic acids is 1. The Morgan fingerprint density at radius 3 is 2.47 bits per heavy atom. The first kappa shape index (κ1) is 13.4. The van der Waals surface area contributed by atoms with Crippen molar-refractivity contribution in [1.29, 1.82) is 0 Å².